The van der Waals surface area contributed by atoms with E-state index in [1.54, 1.807) is 0 Å². The van der Waals surface area contributed by atoms with Crippen LogP contribution >= 0.6 is 0 Å². The molecule has 3 saturated heterocycles. The topological polar surface area (TPSA) is 354 Å². The van der Waals surface area contributed by atoms with Crippen molar-refractivity contribution < 1.29 is 102 Å². The Morgan fingerprint density at radius 1 is 0.472 bits per heavy atom. The summed E-state index contributed by atoms with van der Waals surface area (Å²) >= 11 is 0. The summed E-state index contributed by atoms with van der Waals surface area (Å²) in [7, 11) is 0. The van der Waals surface area contributed by atoms with Crippen LogP contribution in [0.1, 0.15) is 0 Å². The first kappa shape index (κ1) is 28.3. The first-order valence-electron chi connectivity index (χ1n) is 8.02. The number of carboxylic acids is 6. The van der Waals surface area contributed by atoms with E-state index in [0.29, 0.717) is 0 Å². The van der Waals surface area contributed by atoms with Gasteiger partial charge in [0, 0.05) is 0 Å². The average molecular weight is 522 g/mol. The fraction of sp³-hybridized carbons (Fsp3) is 0.200. The van der Waals surface area contributed by atoms with Crippen molar-refractivity contribution in [2.75, 3.05) is 0 Å². The molecule has 0 aliphatic carbocycles. The van der Waals surface area contributed by atoms with Gasteiger partial charge >= 0.3 is 87.9 Å². The summed E-state index contributed by atoms with van der Waals surface area (Å²) < 4.78 is 11.3. The van der Waals surface area contributed by atoms with Crippen LogP contribution in [0.25, 0.3) is 0 Å². The normalized spacial score (nSPS) is 18.0. The molecule has 3 aliphatic rings. The zero-order valence-corrected chi connectivity index (χ0v) is 16.3. The minimum Gasteiger partial charge on any atom is -0.480 e. The van der Waals surface area contributed by atoms with Crippen molar-refractivity contribution in [2.24, 2.45) is 16.2 Å². The van der Waals surface area contributed by atoms with Crippen molar-refractivity contribution >= 4 is 71.6 Å². The molecule has 0 aromatic rings. The number of carbonyl (C=O) groups excluding carboxylic acids is 6. The molecule has 1 spiro atoms. The Kier molecular flexibility index (Phi) is 6.98. The number of carboxylic acid groups (broad SMARTS) is 6. The van der Waals surface area contributed by atoms with Gasteiger partial charge < -0.3 is 44.8 Å². The number of hydrogen-bond acceptors (Lipinski definition) is 15. The zero-order valence-electron chi connectivity index (χ0n) is 16.3. The second kappa shape index (κ2) is 8.88. The third-order valence-electron chi connectivity index (χ3n) is 4.32. The van der Waals surface area contributed by atoms with Gasteiger partial charge in [-0.2, -0.15) is 0 Å². The van der Waals surface area contributed by atoms with Crippen molar-refractivity contribution in [2.45, 2.75) is 0 Å². The Morgan fingerprint density at radius 2 is 0.694 bits per heavy atom. The molecule has 3 rings (SSSR count). The molecule has 21 heteroatoms. The van der Waals surface area contributed by atoms with Gasteiger partial charge in [-0.05, 0) is 0 Å². The van der Waals surface area contributed by atoms with Gasteiger partial charge in [-0.3, -0.25) is 0 Å². The van der Waals surface area contributed by atoms with E-state index in [9.17, 15) is 57.5 Å². The van der Waals surface area contributed by atoms with Crippen LogP contribution in [0.2, 0.25) is 0 Å². The first-order valence-corrected chi connectivity index (χ1v) is 8.02. The molecule has 0 unspecified atom stereocenters. The first-order chi connectivity index (χ1) is 16.3. The third-order valence-corrected chi connectivity index (χ3v) is 4.32. The van der Waals surface area contributed by atoms with Gasteiger partial charge in [0.2, 0.25) is 0 Å². The molecular formula is C15H6O21. The average Bonchev–Trinajstić information content (AvgIpc) is 2.67. The zero-order chi connectivity index (χ0) is 28.5. The van der Waals surface area contributed by atoms with E-state index in [4.69, 9.17) is 30.6 Å². The standard InChI is InChI=1S/C5H4O8.C5H2O7.C5O6/c6-1(7)5(2(8)9,3(10)11)4(12)13;6-1(7)5(2(8)9)3(10)12-4(5)11;6-1-5(2(7)10-1)3(8)11-4(5)9/h(H,6,7)(H,8,9)(H,10,11)(H,12,13);(H,6,7)(H,8,9);. The lowest BCUT2D eigenvalue weighted by atomic mass is 9.80. The quantitative estimate of drug-likeness (QED) is 0.108. The molecule has 192 valence electrons. The highest BCUT2D eigenvalue weighted by molar-refractivity contribution is 6.46. The second-order valence-electron chi connectivity index (χ2n) is 6.11. The number of esters is 6. The molecule has 0 bridgehead atoms. The third kappa shape index (κ3) is 3.42. The van der Waals surface area contributed by atoms with Crippen molar-refractivity contribution in [1.29, 1.82) is 0 Å². The van der Waals surface area contributed by atoms with Gasteiger partial charge in [-0.25, -0.2) is 57.5 Å². The number of hydrogen-bond donors (Lipinski definition) is 6. The van der Waals surface area contributed by atoms with Crippen molar-refractivity contribution in [3.05, 3.63) is 0 Å². The Bertz CT molecular complexity index is 1020. The summed E-state index contributed by atoms with van der Waals surface area (Å²) in [5, 5.41) is 49.4. The Labute approximate surface area is 191 Å². The van der Waals surface area contributed by atoms with Crippen LogP contribution in [0.15, 0.2) is 0 Å². The summed E-state index contributed by atoms with van der Waals surface area (Å²) in [6, 6.07) is 0. The number of carbonyl (C=O) groups is 12. The maximum Gasteiger partial charge on any atom is 0.357 e. The summed E-state index contributed by atoms with van der Waals surface area (Å²) in [6.45, 7) is 0. The number of ether oxygens (including phenoxy) is 3. The summed E-state index contributed by atoms with van der Waals surface area (Å²) in [4.78, 5) is 124. The molecule has 36 heavy (non-hydrogen) atoms. The maximum atomic E-state index is 10.5. The van der Waals surface area contributed by atoms with Gasteiger partial charge in [0.25, 0.3) is 0 Å². The fourth-order valence-corrected chi connectivity index (χ4v) is 2.15. The molecule has 0 amide bonds. The fourth-order valence-electron chi connectivity index (χ4n) is 2.15. The lowest BCUT2D eigenvalue weighted by molar-refractivity contribution is -0.224. The van der Waals surface area contributed by atoms with Gasteiger partial charge in [-0.15, -0.1) is 0 Å². The van der Waals surface area contributed by atoms with Gasteiger partial charge in [-0.1, -0.05) is 0 Å². The van der Waals surface area contributed by atoms with Crippen LogP contribution in [0.5, 0.6) is 0 Å². The van der Waals surface area contributed by atoms with E-state index in [1.807, 2.05) is 0 Å². The minimum atomic E-state index is -3.83. The van der Waals surface area contributed by atoms with Gasteiger partial charge in [0.05, 0.1) is 0 Å². The SMILES string of the molecule is O=C(O)C(C(=O)O)(C(=O)O)C(=O)O.O=C(O)C1(C(=O)O)C(=O)OC1=O.O=C1OC(=O)C12C(=O)OC2=O. The highest BCUT2D eigenvalue weighted by Gasteiger charge is 2.80. The largest absolute Gasteiger partial charge is 0.480 e. The summed E-state index contributed by atoms with van der Waals surface area (Å²) in [6.07, 6.45) is 0. The van der Waals surface area contributed by atoms with Crippen LogP contribution in [-0.2, 0) is 71.7 Å². The van der Waals surface area contributed by atoms with Crippen molar-refractivity contribution in [3.63, 3.8) is 0 Å². The van der Waals surface area contributed by atoms with E-state index >= 15 is 0 Å². The van der Waals surface area contributed by atoms with Crippen LogP contribution < -0.4 is 0 Å². The Morgan fingerprint density at radius 3 is 0.750 bits per heavy atom. The molecule has 0 atom stereocenters. The monoisotopic (exact) mass is 522 g/mol. The van der Waals surface area contributed by atoms with Crippen LogP contribution in [-0.4, -0.2) is 102 Å². The second-order valence-corrected chi connectivity index (χ2v) is 6.11. The van der Waals surface area contributed by atoms with E-state index in [-0.39, 0.29) is 0 Å². The predicted octanol–water partition coefficient (Wildman–Crippen LogP) is -5.32. The molecule has 0 radical (unpaired) electrons. The smallest absolute Gasteiger partial charge is 0.357 e. The molecule has 3 aliphatic heterocycles. The Balaban J connectivity index is 0.000000270. The molecule has 0 aromatic heterocycles. The highest BCUT2D eigenvalue weighted by atomic mass is 16.7. The van der Waals surface area contributed by atoms with E-state index in [0.717, 1.165) is 0 Å². The summed E-state index contributed by atoms with van der Waals surface area (Å²) in [5.74, 6) is -21.6. The molecule has 21 nitrogen and oxygen atoms in total. The lowest BCUT2D eigenvalue weighted by Crippen LogP contribution is -2.71. The van der Waals surface area contributed by atoms with E-state index in [2.05, 4.69) is 14.2 Å². The number of cyclic esters (lactones) is 6. The van der Waals surface area contributed by atoms with Crippen LogP contribution in [0.4, 0.5) is 0 Å². The number of aliphatic carboxylic acids is 6. The van der Waals surface area contributed by atoms with E-state index < -0.39 is 87.9 Å². The Hall–Kier alpha value is -5.76. The van der Waals surface area contributed by atoms with Crippen LogP contribution in [0, 0.1) is 16.2 Å². The molecular weight excluding hydrogens is 516 g/mol. The highest BCUT2D eigenvalue weighted by Crippen LogP contribution is 2.40. The molecule has 3 heterocycles. The van der Waals surface area contributed by atoms with Gasteiger partial charge in [0.1, 0.15) is 0 Å². The maximum absolute atomic E-state index is 10.5. The molecule has 6 N–H and O–H groups in total. The lowest BCUT2D eigenvalue weighted by Gasteiger charge is -2.36. The van der Waals surface area contributed by atoms with Crippen molar-refractivity contribution in [3.8, 4) is 0 Å². The van der Waals surface area contributed by atoms with Gasteiger partial charge in [0.15, 0.2) is 0 Å². The van der Waals surface area contributed by atoms with Crippen LogP contribution in [0.3, 0.4) is 0 Å². The molecule has 0 aromatic carbocycles. The predicted molar refractivity (Wildman–Crippen MR) is 86.4 cm³/mol. The van der Waals surface area contributed by atoms with E-state index in [1.165, 1.54) is 0 Å². The molecule has 3 fully saturated rings. The number of rotatable bonds is 6. The summed E-state index contributed by atoms with van der Waals surface area (Å²) in [5.41, 5.74) is -9.08. The molecule has 0 saturated carbocycles. The van der Waals surface area contributed by atoms with Crippen molar-refractivity contribution in [1.82, 2.24) is 0 Å². The minimum absolute atomic E-state index is 1.14.